The molecule has 1 aliphatic heterocycles. The van der Waals surface area contributed by atoms with Gasteiger partial charge in [0.25, 0.3) is 0 Å². The maximum atomic E-state index is 5.64. The summed E-state index contributed by atoms with van der Waals surface area (Å²) < 4.78 is 11.0. The third-order valence-corrected chi connectivity index (χ3v) is 3.11. The van der Waals surface area contributed by atoms with Crippen LogP contribution in [0.3, 0.4) is 0 Å². The van der Waals surface area contributed by atoms with E-state index >= 15 is 0 Å². The molecule has 0 aromatic rings. The van der Waals surface area contributed by atoms with E-state index in [1.807, 2.05) is 0 Å². The predicted molar refractivity (Wildman–Crippen MR) is 79.6 cm³/mol. The average molecular weight is 272 g/mol. The molecule has 0 unspecified atom stereocenters. The summed E-state index contributed by atoms with van der Waals surface area (Å²) in [5.74, 6) is 0. The molecule has 0 aromatic heterocycles. The minimum absolute atomic E-state index is 0.283. The Labute approximate surface area is 118 Å². The normalized spacial score (nSPS) is 17.8. The lowest BCUT2D eigenvalue weighted by molar-refractivity contribution is 0.0374. The smallest absolute Gasteiger partial charge is 0.0594 e. The van der Waals surface area contributed by atoms with Gasteiger partial charge in [0.15, 0.2) is 0 Å². The number of nitrogens with zero attached hydrogens (tertiary/aromatic N) is 1. The van der Waals surface area contributed by atoms with Crippen LogP contribution in [0.25, 0.3) is 0 Å². The predicted octanol–water partition coefficient (Wildman–Crippen LogP) is 1.75. The molecule has 4 heteroatoms. The van der Waals surface area contributed by atoms with Gasteiger partial charge in [-0.15, -0.1) is 0 Å². The van der Waals surface area contributed by atoms with Crippen molar-refractivity contribution in [2.24, 2.45) is 5.41 Å². The zero-order valence-electron chi connectivity index (χ0n) is 13.0. The van der Waals surface area contributed by atoms with Crippen LogP contribution in [0.1, 0.15) is 33.6 Å². The topological polar surface area (TPSA) is 33.7 Å². The lowest BCUT2D eigenvalue weighted by Crippen LogP contribution is -2.37. The van der Waals surface area contributed by atoms with Crippen LogP contribution in [0.4, 0.5) is 0 Å². The number of nitrogens with one attached hydrogen (secondary N) is 1. The van der Waals surface area contributed by atoms with Gasteiger partial charge in [0.1, 0.15) is 0 Å². The Bertz CT molecular complexity index is 211. The Morgan fingerprint density at radius 2 is 1.79 bits per heavy atom. The molecule has 1 fully saturated rings. The van der Waals surface area contributed by atoms with Crippen LogP contribution in [0.15, 0.2) is 0 Å². The van der Waals surface area contributed by atoms with Crippen molar-refractivity contribution < 1.29 is 9.47 Å². The van der Waals surface area contributed by atoms with Crippen molar-refractivity contribution in [3.63, 3.8) is 0 Å². The largest absolute Gasteiger partial charge is 0.381 e. The third kappa shape index (κ3) is 10.3. The van der Waals surface area contributed by atoms with Gasteiger partial charge < -0.3 is 14.8 Å². The van der Waals surface area contributed by atoms with Crippen LogP contribution >= 0.6 is 0 Å². The number of rotatable bonds is 9. The first-order chi connectivity index (χ1) is 9.08. The van der Waals surface area contributed by atoms with Crippen molar-refractivity contribution in [3.8, 4) is 0 Å². The zero-order chi connectivity index (χ0) is 14.0. The van der Waals surface area contributed by atoms with Crippen molar-refractivity contribution in [1.29, 1.82) is 0 Å². The molecule has 0 spiro atoms. The summed E-state index contributed by atoms with van der Waals surface area (Å²) in [4.78, 5) is 2.48. The Hall–Kier alpha value is -0.160. The fraction of sp³-hybridized carbons (Fsp3) is 1.00. The summed E-state index contributed by atoms with van der Waals surface area (Å²) in [5.41, 5.74) is 0.283. The highest BCUT2D eigenvalue weighted by Gasteiger charge is 2.10. The molecule has 0 aromatic carbocycles. The molecule has 0 amide bonds. The Balaban J connectivity index is 1.78. The number of hydrogen-bond acceptors (Lipinski definition) is 4. The fourth-order valence-corrected chi connectivity index (χ4v) is 2.06. The second kappa shape index (κ2) is 9.70. The molecule has 114 valence electrons. The minimum Gasteiger partial charge on any atom is -0.381 e. The molecule has 4 nitrogen and oxygen atoms in total. The molecular formula is C15H32N2O2. The van der Waals surface area contributed by atoms with Crippen LogP contribution in [-0.4, -0.2) is 64.1 Å². The highest BCUT2D eigenvalue weighted by molar-refractivity contribution is 4.62. The first-order valence-corrected chi connectivity index (χ1v) is 7.66. The molecule has 1 N–H and O–H groups in total. The van der Waals surface area contributed by atoms with Crippen LogP contribution in [0, 0.1) is 5.41 Å². The quantitative estimate of drug-likeness (QED) is 0.648. The standard InChI is InChI=1S/C15H32N2O2/c1-15(2,3)14-19-11-5-7-16-6-4-8-17-9-12-18-13-10-17/h16H,4-14H2,1-3H3. The molecule has 0 bridgehead atoms. The van der Waals surface area contributed by atoms with Crippen LogP contribution in [-0.2, 0) is 9.47 Å². The van der Waals surface area contributed by atoms with Crippen molar-refractivity contribution in [2.75, 3.05) is 59.2 Å². The van der Waals surface area contributed by atoms with Gasteiger partial charge in [0.2, 0.25) is 0 Å². The average Bonchev–Trinajstić information content (AvgIpc) is 2.37. The van der Waals surface area contributed by atoms with Gasteiger partial charge in [-0.05, 0) is 37.9 Å². The zero-order valence-corrected chi connectivity index (χ0v) is 13.0. The maximum absolute atomic E-state index is 5.64. The third-order valence-electron chi connectivity index (χ3n) is 3.11. The summed E-state index contributed by atoms with van der Waals surface area (Å²) in [6.45, 7) is 15.7. The van der Waals surface area contributed by atoms with Gasteiger partial charge in [-0.3, -0.25) is 4.90 Å². The van der Waals surface area contributed by atoms with E-state index in [9.17, 15) is 0 Å². The summed E-state index contributed by atoms with van der Waals surface area (Å²) in [7, 11) is 0. The lowest BCUT2D eigenvalue weighted by atomic mass is 9.99. The van der Waals surface area contributed by atoms with E-state index in [0.29, 0.717) is 0 Å². The summed E-state index contributed by atoms with van der Waals surface area (Å²) in [6.07, 6.45) is 2.33. The van der Waals surface area contributed by atoms with Crippen LogP contribution in [0.5, 0.6) is 0 Å². The molecule has 0 aliphatic carbocycles. The Kier molecular flexibility index (Phi) is 8.62. The van der Waals surface area contributed by atoms with Crippen molar-refractivity contribution >= 4 is 0 Å². The molecule has 0 saturated carbocycles. The SMILES string of the molecule is CC(C)(C)COCCCNCCCN1CCOCC1. The van der Waals surface area contributed by atoms with E-state index in [1.54, 1.807) is 0 Å². The van der Waals surface area contributed by atoms with E-state index in [-0.39, 0.29) is 5.41 Å². The van der Waals surface area contributed by atoms with E-state index in [0.717, 1.165) is 59.0 Å². The first kappa shape index (κ1) is 16.9. The van der Waals surface area contributed by atoms with Gasteiger partial charge in [0, 0.05) is 19.7 Å². The molecule has 1 saturated heterocycles. The molecule has 0 radical (unpaired) electrons. The van der Waals surface area contributed by atoms with E-state index in [1.165, 1.54) is 13.0 Å². The van der Waals surface area contributed by atoms with Gasteiger partial charge in [-0.25, -0.2) is 0 Å². The fourth-order valence-electron chi connectivity index (χ4n) is 2.06. The molecule has 19 heavy (non-hydrogen) atoms. The van der Waals surface area contributed by atoms with Crippen molar-refractivity contribution in [3.05, 3.63) is 0 Å². The number of ether oxygens (including phenoxy) is 2. The summed E-state index contributed by atoms with van der Waals surface area (Å²) in [5, 5.41) is 3.48. The van der Waals surface area contributed by atoms with Crippen LogP contribution < -0.4 is 5.32 Å². The first-order valence-electron chi connectivity index (χ1n) is 7.66. The molecule has 1 aliphatic rings. The lowest BCUT2D eigenvalue weighted by Gasteiger charge is -2.26. The highest BCUT2D eigenvalue weighted by Crippen LogP contribution is 2.12. The minimum atomic E-state index is 0.283. The second-order valence-electron chi connectivity index (χ2n) is 6.52. The Morgan fingerprint density at radius 1 is 1.11 bits per heavy atom. The molecule has 1 rings (SSSR count). The van der Waals surface area contributed by atoms with Crippen molar-refractivity contribution in [2.45, 2.75) is 33.6 Å². The second-order valence-corrected chi connectivity index (χ2v) is 6.52. The molecule has 1 heterocycles. The highest BCUT2D eigenvalue weighted by atomic mass is 16.5. The van der Waals surface area contributed by atoms with E-state index in [2.05, 4.69) is 31.0 Å². The maximum Gasteiger partial charge on any atom is 0.0594 e. The van der Waals surface area contributed by atoms with Gasteiger partial charge in [-0.2, -0.15) is 0 Å². The molecular weight excluding hydrogens is 240 g/mol. The number of morpholine rings is 1. The van der Waals surface area contributed by atoms with Crippen LogP contribution in [0.2, 0.25) is 0 Å². The molecule has 0 atom stereocenters. The number of hydrogen-bond donors (Lipinski definition) is 1. The van der Waals surface area contributed by atoms with E-state index < -0.39 is 0 Å². The Morgan fingerprint density at radius 3 is 2.47 bits per heavy atom. The van der Waals surface area contributed by atoms with Crippen molar-refractivity contribution in [1.82, 2.24) is 10.2 Å². The van der Waals surface area contributed by atoms with Gasteiger partial charge in [0.05, 0.1) is 19.8 Å². The van der Waals surface area contributed by atoms with E-state index in [4.69, 9.17) is 9.47 Å². The van der Waals surface area contributed by atoms with Gasteiger partial charge >= 0.3 is 0 Å². The summed E-state index contributed by atoms with van der Waals surface area (Å²) in [6, 6.07) is 0. The van der Waals surface area contributed by atoms with Gasteiger partial charge in [-0.1, -0.05) is 20.8 Å². The monoisotopic (exact) mass is 272 g/mol. The summed E-state index contributed by atoms with van der Waals surface area (Å²) >= 11 is 0.